The number of rotatable bonds is 6. The summed E-state index contributed by atoms with van der Waals surface area (Å²) < 4.78 is 0. The van der Waals surface area contributed by atoms with Crippen LogP contribution in [0.3, 0.4) is 0 Å². The number of hydrogen-bond acceptors (Lipinski definition) is 3. The minimum atomic E-state index is 0.175. The first-order chi connectivity index (χ1) is 8.19. The number of nitrogens with zero attached hydrogens (tertiary/aromatic N) is 1. The third-order valence-electron chi connectivity index (χ3n) is 3.70. The predicted molar refractivity (Wildman–Crippen MR) is 71.0 cm³/mol. The van der Waals surface area contributed by atoms with Gasteiger partial charge in [0.15, 0.2) is 0 Å². The lowest BCUT2D eigenvalue weighted by Crippen LogP contribution is -2.50. The van der Waals surface area contributed by atoms with Gasteiger partial charge in [-0.25, -0.2) is 0 Å². The molecule has 17 heavy (non-hydrogen) atoms. The molecule has 1 amide bonds. The number of carbonyl (C=O) groups is 1. The van der Waals surface area contributed by atoms with E-state index in [1.807, 2.05) is 14.0 Å². The number of hydrogen-bond donors (Lipinski definition) is 2. The summed E-state index contributed by atoms with van der Waals surface area (Å²) in [4.78, 5) is 14.0. The van der Waals surface area contributed by atoms with Crippen LogP contribution >= 0.6 is 0 Å². The molecule has 0 aromatic heterocycles. The van der Waals surface area contributed by atoms with Crippen molar-refractivity contribution in [3.63, 3.8) is 0 Å². The fourth-order valence-corrected chi connectivity index (χ4v) is 2.58. The van der Waals surface area contributed by atoms with E-state index >= 15 is 0 Å². The van der Waals surface area contributed by atoms with E-state index in [0.29, 0.717) is 18.5 Å². The maximum Gasteiger partial charge on any atom is 0.221 e. The Labute approximate surface area is 105 Å². The number of piperidine rings is 1. The molecule has 2 unspecified atom stereocenters. The van der Waals surface area contributed by atoms with Crippen LogP contribution in [0.5, 0.6) is 0 Å². The molecule has 1 fully saturated rings. The van der Waals surface area contributed by atoms with Crippen LogP contribution in [0.4, 0.5) is 0 Å². The average Bonchev–Trinajstić information content (AvgIpc) is 2.36. The van der Waals surface area contributed by atoms with Crippen molar-refractivity contribution in [1.29, 1.82) is 0 Å². The fraction of sp³-hybridized carbons (Fsp3) is 0.923. The second-order valence-corrected chi connectivity index (χ2v) is 4.88. The Morgan fingerprint density at radius 2 is 2.24 bits per heavy atom. The number of likely N-dealkylation sites (tertiary alicyclic amines) is 1. The molecule has 0 aliphatic carbocycles. The molecule has 0 spiro atoms. The molecular formula is C13H27N3O. The summed E-state index contributed by atoms with van der Waals surface area (Å²) in [7, 11) is 2.02. The van der Waals surface area contributed by atoms with E-state index in [9.17, 15) is 4.79 Å². The van der Waals surface area contributed by atoms with E-state index in [4.69, 9.17) is 0 Å². The zero-order valence-electron chi connectivity index (χ0n) is 11.5. The largest absolute Gasteiger partial charge is 0.356 e. The highest BCUT2D eigenvalue weighted by atomic mass is 16.1. The Balaban J connectivity index is 2.40. The van der Waals surface area contributed by atoms with E-state index in [-0.39, 0.29) is 5.91 Å². The number of carbonyl (C=O) groups excluding carboxylic acids is 1. The van der Waals surface area contributed by atoms with Crippen LogP contribution < -0.4 is 10.6 Å². The molecule has 0 aromatic carbocycles. The van der Waals surface area contributed by atoms with Crippen molar-refractivity contribution in [3.8, 4) is 0 Å². The SMILES string of the molecule is CCNC(=O)CCN1CCCCC1C(C)NC. The van der Waals surface area contributed by atoms with Crippen molar-refractivity contribution in [3.05, 3.63) is 0 Å². The Morgan fingerprint density at radius 1 is 1.47 bits per heavy atom. The lowest BCUT2D eigenvalue weighted by atomic mass is 9.96. The maximum absolute atomic E-state index is 11.5. The molecule has 1 saturated heterocycles. The molecule has 1 heterocycles. The highest BCUT2D eigenvalue weighted by Gasteiger charge is 2.26. The number of amides is 1. The van der Waals surface area contributed by atoms with Crippen molar-refractivity contribution in [2.75, 3.05) is 26.7 Å². The molecular weight excluding hydrogens is 214 g/mol. The molecule has 0 saturated carbocycles. The van der Waals surface area contributed by atoms with Gasteiger partial charge < -0.3 is 10.6 Å². The highest BCUT2D eigenvalue weighted by molar-refractivity contribution is 5.75. The van der Waals surface area contributed by atoms with Gasteiger partial charge in [-0.3, -0.25) is 9.69 Å². The summed E-state index contributed by atoms with van der Waals surface area (Å²) in [5, 5.41) is 6.20. The molecule has 0 radical (unpaired) electrons. The van der Waals surface area contributed by atoms with Gasteiger partial charge in [0.2, 0.25) is 5.91 Å². The predicted octanol–water partition coefficient (Wildman–Crippen LogP) is 0.975. The van der Waals surface area contributed by atoms with Crippen LogP contribution in [0.15, 0.2) is 0 Å². The first-order valence-corrected chi connectivity index (χ1v) is 6.87. The van der Waals surface area contributed by atoms with Crippen molar-refractivity contribution in [1.82, 2.24) is 15.5 Å². The Hall–Kier alpha value is -0.610. The van der Waals surface area contributed by atoms with Crippen molar-refractivity contribution in [2.24, 2.45) is 0 Å². The highest BCUT2D eigenvalue weighted by Crippen LogP contribution is 2.19. The van der Waals surface area contributed by atoms with Gasteiger partial charge >= 0.3 is 0 Å². The van der Waals surface area contributed by atoms with Gasteiger partial charge in [-0.15, -0.1) is 0 Å². The zero-order valence-corrected chi connectivity index (χ0v) is 11.5. The topological polar surface area (TPSA) is 44.4 Å². The van der Waals surface area contributed by atoms with Crippen molar-refractivity contribution < 1.29 is 4.79 Å². The van der Waals surface area contributed by atoms with Crippen LogP contribution in [0.25, 0.3) is 0 Å². The summed E-state index contributed by atoms with van der Waals surface area (Å²) >= 11 is 0. The summed E-state index contributed by atoms with van der Waals surface area (Å²) in [6.45, 7) is 6.95. The minimum Gasteiger partial charge on any atom is -0.356 e. The van der Waals surface area contributed by atoms with Gasteiger partial charge in [0.1, 0.15) is 0 Å². The van der Waals surface area contributed by atoms with Crippen LogP contribution in [-0.2, 0) is 4.79 Å². The van der Waals surface area contributed by atoms with Crippen molar-refractivity contribution in [2.45, 2.75) is 51.6 Å². The fourth-order valence-electron chi connectivity index (χ4n) is 2.58. The summed E-state index contributed by atoms with van der Waals surface area (Å²) in [6.07, 6.45) is 4.45. The van der Waals surface area contributed by atoms with Gasteiger partial charge in [0.25, 0.3) is 0 Å². The Bertz CT molecular complexity index is 233. The minimum absolute atomic E-state index is 0.175. The number of likely N-dealkylation sites (N-methyl/N-ethyl adjacent to an activating group) is 1. The van der Waals surface area contributed by atoms with E-state index in [1.165, 1.54) is 19.3 Å². The standard InChI is InChI=1S/C13H27N3O/c1-4-15-13(17)8-10-16-9-6-5-7-12(16)11(2)14-3/h11-12,14H,4-10H2,1-3H3,(H,15,17). The first-order valence-electron chi connectivity index (χ1n) is 6.87. The molecule has 2 N–H and O–H groups in total. The van der Waals surface area contributed by atoms with Crippen LogP contribution in [-0.4, -0.2) is 49.6 Å². The second kappa shape index (κ2) is 7.67. The summed E-state index contributed by atoms with van der Waals surface area (Å²) in [5.74, 6) is 0.175. The first kappa shape index (κ1) is 14.5. The lowest BCUT2D eigenvalue weighted by Gasteiger charge is -2.39. The molecule has 4 heteroatoms. The molecule has 4 nitrogen and oxygen atoms in total. The molecule has 0 aromatic rings. The second-order valence-electron chi connectivity index (χ2n) is 4.88. The third kappa shape index (κ3) is 4.64. The normalized spacial score (nSPS) is 23.4. The van der Waals surface area contributed by atoms with E-state index in [2.05, 4.69) is 22.5 Å². The summed E-state index contributed by atoms with van der Waals surface area (Å²) in [5.41, 5.74) is 0. The van der Waals surface area contributed by atoms with Crippen LogP contribution in [0, 0.1) is 0 Å². The van der Waals surface area contributed by atoms with E-state index in [0.717, 1.165) is 19.6 Å². The Kier molecular flexibility index (Phi) is 6.52. The molecule has 1 rings (SSSR count). The Morgan fingerprint density at radius 3 is 2.88 bits per heavy atom. The zero-order chi connectivity index (χ0) is 12.7. The quantitative estimate of drug-likeness (QED) is 0.728. The number of nitrogens with one attached hydrogen (secondary N) is 2. The monoisotopic (exact) mass is 241 g/mol. The van der Waals surface area contributed by atoms with Crippen molar-refractivity contribution >= 4 is 5.91 Å². The molecule has 1 aliphatic heterocycles. The van der Waals surface area contributed by atoms with Gasteiger partial charge in [0.05, 0.1) is 0 Å². The van der Waals surface area contributed by atoms with E-state index < -0.39 is 0 Å². The summed E-state index contributed by atoms with van der Waals surface area (Å²) in [6, 6.07) is 1.09. The molecule has 100 valence electrons. The molecule has 1 aliphatic rings. The van der Waals surface area contributed by atoms with E-state index in [1.54, 1.807) is 0 Å². The third-order valence-corrected chi connectivity index (χ3v) is 3.70. The smallest absolute Gasteiger partial charge is 0.221 e. The average molecular weight is 241 g/mol. The van der Waals surface area contributed by atoms with Crippen LogP contribution in [0.2, 0.25) is 0 Å². The van der Waals surface area contributed by atoms with Gasteiger partial charge in [-0.05, 0) is 40.3 Å². The van der Waals surface area contributed by atoms with Gasteiger partial charge in [-0.2, -0.15) is 0 Å². The maximum atomic E-state index is 11.5. The van der Waals surface area contributed by atoms with Crippen LogP contribution in [0.1, 0.15) is 39.5 Å². The molecule has 2 atom stereocenters. The molecule has 0 bridgehead atoms. The lowest BCUT2D eigenvalue weighted by molar-refractivity contribution is -0.121. The van der Waals surface area contributed by atoms with Gasteiger partial charge in [-0.1, -0.05) is 6.42 Å². The van der Waals surface area contributed by atoms with Gasteiger partial charge in [0, 0.05) is 31.6 Å².